The SMILES string of the molecule is CC(N)Cc1cccc2ccn(CCOC(C)(C)C)c12. The van der Waals surface area contributed by atoms with Gasteiger partial charge in [0.05, 0.1) is 17.7 Å². The Labute approximate surface area is 121 Å². The van der Waals surface area contributed by atoms with Crippen LogP contribution in [0.15, 0.2) is 30.5 Å². The molecule has 1 aromatic heterocycles. The summed E-state index contributed by atoms with van der Waals surface area (Å²) >= 11 is 0. The van der Waals surface area contributed by atoms with Gasteiger partial charge in [0.2, 0.25) is 0 Å². The Balaban J connectivity index is 2.21. The highest BCUT2D eigenvalue weighted by molar-refractivity contribution is 5.83. The van der Waals surface area contributed by atoms with E-state index in [1.807, 2.05) is 0 Å². The molecule has 1 aromatic carbocycles. The Kier molecular flexibility index (Phi) is 4.51. The third-order valence-electron chi connectivity index (χ3n) is 3.28. The van der Waals surface area contributed by atoms with Gasteiger partial charge in [0, 0.05) is 18.8 Å². The molecule has 3 heteroatoms. The molecule has 0 aliphatic heterocycles. The molecule has 20 heavy (non-hydrogen) atoms. The van der Waals surface area contributed by atoms with Crippen LogP contribution < -0.4 is 5.73 Å². The summed E-state index contributed by atoms with van der Waals surface area (Å²) in [6, 6.07) is 8.77. The first kappa shape index (κ1) is 15.1. The molecule has 2 rings (SSSR count). The van der Waals surface area contributed by atoms with Crippen molar-refractivity contribution in [2.75, 3.05) is 6.61 Å². The zero-order chi connectivity index (χ0) is 14.8. The van der Waals surface area contributed by atoms with Crippen LogP contribution in [0.5, 0.6) is 0 Å². The highest BCUT2D eigenvalue weighted by Crippen LogP contribution is 2.21. The van der Waals surface area contributed by atoms with Crippen molar-refractivity contribution < 1.29 is 4.74 Å². The lowest BCUT2D eigenvalue weighted by Gasteiger charge is -2.20. The average molecular weight is 274 g/mol. The molecule has 0 radical (unpaired) electrons. The molecule has 0 saturated carbocycles. The Morgan fingerprint density at radius 1 is 1.25 bits per heavy atom. The first-order valence-electron chi connectivity index (χ1n) is 7.33. The zero-order valence-corrected chi connectivity index (χ0v) is 13.0. The molecule has 2 N–H and O–H groups in total. The van der Waals surface area contributed by atoms with E-state index in [2.05, 4.69) is 62.7 Å². The molecule has 0 amide bonds. The summed E-state index contributed by atoms with van der Waals surface area (Å²) in [5, 5.41) is 1.28. The molecule has 1 atom stereocenters. The van der Waals surface area contributed by atoms with Gasteiger partial charge in [0.25, 0.3) is 0 Å². The number of fused-ring (bicyclic) bond motifs is 1. The predicted molar refractivity (Wildman–Crippen MR) is 85.0 cm³/mol. The van der Waals surface area contributed by atoms with E-state index in [4.69, 9.17) is 10.5 Å². The summed E-state index contributed by atoms with van der Waals surface area (Å²) < 4.78 is 8.10. The first-order valence-corrected chi connectivity index (χ1v) is 7.33. The highest BCUT2D eigenvalue weighted by Gasteiger charge is 2.11. The Morgan fingerprint density at radius 2 is 2.00 bits per heavy atom. The lowest BCUT2D eigenvalue weighted by molar-refractivity contribution is -0.00645. The predicted octanol–water partition coefficient (Wildman–Crippen LogP) is 3.35. The average Bonchev–Trinajstić information content (AvgIpc) is 2.71. The van der Waals surface area contributed by atoms with Crippen molar-refractivity contribution in [3.05, 3.63) is 36.0 Å². The smallest absolute Gasteiger partial charge is 0.0652 e. The van der Waals surface area contributed by atoms with E-state index in [9.17, 15) is 0 Å². The molecule has 1 heterocycles. The van der Waals surface area contributed by atoms with Crippen LogP contribution in [-0.2, 0) is 17.7 Å². The van der Waals surface area contributed by atoms with Crippen LogP contribution >= 0.6 is 0 Å². The highest BCUT2D eigenvalue weighted by atomic mass is 16.5. The van der Waals surface area contributed by atoms with E-state index in [1.165, 1.54) is 16.5 Å². The summed E-state index contributed by atoms with van der Waals surface area (Å²) in [7, 11) is 0. The minimum atomic E-state index is -0.0858. The zero-order valence-electron chi connectivity index (χ0n) is 13.0. The number of hydrogen-bond acceptors (Lipinski definition) is 2. The minimum Gasteiger partial charge on any atom is -0.374 e. The Morgan fingerprint density at radius 3 is 2.65 bits per heavy atom. The second kappa shape index (κ2) is 5.98. The van der Waals surface area contributed by atoms with Crippen molar-refractivity contribution in [1.29, 1.82) is 0 Å². The number of benzene rings is 1. The normalized spacial score (nSPS) is 13.8. The molecule has 3 nitrogen and oxygen atoms in total. The first-order chi connectivity index (χ1) is 9.37. The van der Waals surface area contributed by atoms with Crippen LogP contribution in [0.4, 0.5) is 0 Å². The minimum absolute atomic E-state index is 0.0858. The topological polar surface area (TPSA) is 40.2 Å². The quantitative estimate of drug-likeness (QED) is 0.908. The molecular weight excluding hydrogens is 248 g/mol. The van der Waals surface area contributed by atoms with Gasteiger partial charge in [-0.25, -0.2) is 0 Å². The monoisotopic (exact) mass is 274 g/mol. The van der Waals surface area contributed by atoms with Gasteiger partial charge >= 0.3 is 0 Å². The number of nitrogens with two attached hydrogens (primary N) is 1. The maximum atomic E-state index is 5.96. The van der Waals surface area contributed by atoms with Crippen LogP contribution in [0, 0.1) is 0 Å². The van der Waals surface area contributed by atoms with Crippen LogP contribution in [0.2, 0.25) is 0 Å². The summed E-state index contributed by atoms with van der Waals surface area (Å²) in [6.45, 7) is 9.90. The largest absolute Gasteiger partial charge is 0.374 e. The van der Waals surface area contributed by atoms with Crippen molar-refractivity contribution in [3.8, 4) is 0 Å². The van der Waals surface area contributed by atoms with Gasteiger partial charge in [-0.3, -0.25) is 0 Å². The molecule has 0 bridgehead atoms. The van der Waals surface area contributed by atoms with E-state index in [0.29, 0.717) is 0 Å². The van der Waals surface area contributed by atoms with E-state index in [1.54, 1.807) is 0 Å². The van der Waals surface area contributed by atoms with E-state index in [0.717, 1.165) is 19.6 Å². The van der Waals surface area contributed by atoms with Gasteiger partial charge in [-0.05, 0) is 51.1 Å². The fourth-order valence-corrected chi connectivity index (χ4v) is 2.49. The maximum absolute atomic E-state index is 5.96. The van der Waals surface area contributed by atoms with Gasteiger partial charge in [0.15, 0.2) is 0 Å². The van der Waals surface area contributed by atoms with Crippen molar-refractivity contribution in [2.24, 2.45) is 5.73 Å². The molecule has 2 aromatic rings. The van der Waals surface area contributed by atoms with Gasteiger partial charge in [-0.2, -0.15) is 0 Å². The van der Waals surface area contributed by atoms with Crippen LogP contribution in [-0.4, -0.2) is 22.8 Å². The third kappa shape index (κ3) is 3.84. The summed E-state index contributed by atoms with van der Waals surface area (Å²) in [6.07, 6.45) is 3.04. The standard InChI is InChI=1S/C17H26N2O/c1-13(18)12-15-7-5-6-14-8-9-19(16(14)15)10-11-20-17(2,3)4/h5-9,13H,10-12,18H2,1-4H3. The molecule has 0 saturated heterocycles. The van der Waals surface area contributed by atoms with Gasteiger partial charge in [-0.1, -0.05) is 18.2 Å². The van der Waals surface area contributed by atoms with Crippen molar-refractivity contribution in [1.82, 2.24) is 4.57 Å². The lowest BCUT2D eigenvalue weighted by Crippen LogP contribution is -2.22. The van der Waals surface area contributed by atoms with Gasteiger partial charge in [0.1, 0.15) is 0 Å². The molecule has 0 fully saturated rings. The molecular formula is C17H26N2O. The van der Waals surface area contributed by atoms with Crippen LogP contribution in [0.1, 0.15) is 33.3 Å². The van der Waals surface area contributed by atoms with Crippen molar-refractivity contribution in [3.63, 3.8) is 0 Å². The number of aromatic nitrogens is 1. The van der Waals surface area contributed by atoms with Crippen LogP contribution in [0.3, 0.4) is 0 Å². The molecule has 0 aliphatic carbocycles. The van der Waals surface area contributed by atoms with Crippen molar-refractivity contribution in [2.45, 2.75) is 52.3 Å². The van der Waals surface area contributed by atoms with E-state index in [-0.39, 0.29) is 11.6 Å². The Hall–Kier alpha value is -1.32. The second-order valence-corrected chi connectivity index (χ2v) is 6.51. The number of ether oxygens (including phenoxy) is 1. The van der Waals surface area contributed by atoms with E-state index < -0.39 is 0 Å². The summed E-state index contributed by atoms with van der Waals surface area (Å²) in [4.78, 5) is 0. The number of rotatable bonds is 5. The third-order valence-corrected chi connectivity index (χ3v) is 3.28. The van der Waals surface area contributed by atoms with Crippen molar-refractivity contribution >= 4 is 10.9 Å². The molecule has 110 valence electrons. The number of nitrogens with zero attached hydrogens (tertiary/aromatic N) is 1. The molecule has 0 spiro atoms. The second-order valence-electron chi connectivity index (χ2n) is 6.51. The van der Waals surface area contributed by atoms with Crippen LogP contribution in [0.25, 0.3) is 10.9 Å². The molecule has 0 aliphatic rings. The summed E-state index contributed by atoms with van der Waals surface area (Å²) in [5.41, 5.74) is 8.48. The molecule has 1 unspecified atom stereocenters. The number of para-hydroxylation sites is 1. The summed E-state index contributed by atoms with van der Waals surface area (Å²) in [5.74, 6) is 0. The fourth-order valence-electron chi connectivity index (χ4n) is 2.49. The van der Waals surface area contributed by atoms with E-state index >= 15 is 0 Å². The Bertz CT molecular complexity index is 564. The fraction of sp³-hybridized carbons (Fsp3) is 0.529. The van der Waals surface area contributed by atoms with Gasteiger partial charge < -0.3 is 15.0 Å². The maximum Gasteiger partial charge on any atom is 0.0652 e. The number of hydrogen-bond donors (Lipinski definition) is 1. The lowest BCUT2D eigenvalue weighted by atomic mass is 10.0. The van der Waals surface area contributed by atoms with Gasteiger partial charge in [-0.15, -0.1) is 0 Å².